The van der Waals surface area contributed by atoms with Crippen molar-refractivity contribution in [1.29, 1.82) is 0 Å². The van der Waals surface area contributed by atoms with Crippen molar-refractivity contribution in [2.45, 2.75) is 32.2 Å². The number of nitrogens with two attached hydrogens (primary N) is 3. The first-order valence-electron chi connectivity index (χ1n) is 5.05. The molecule has 0 radical (unpaired) electrons. The van der Waals surface area contributed by atoms with E-state index in [4.69, 9.17) is 21.9 Å². The Kier molecular flexibility index (Phi) is 7.35. The van der Waals surface area contributed by atoms with Crippen molar-refractivity contribution >= 4 is 11.9 Å². The highest BCUT2D eigenvalue weighted by molar-refractivity contribution is 5.76. The zero-order valence-corrected chi connectivity index (χ0v) is 9.11. The molecule has 0 aliphatic heterocycles. The molecule has 0 fully saturated rings. The maximum Gasteiger partial charge on any atom is 0.322 e. The summed E-state index contributed by atoms with van der Waals surface area (Å²) in [6.07, 6.45) is 1.99. The Morgan fingerprint density at radius 2 is 2.13 bits per heavy atom. The minimum absolute atomic E-state index is 0.0529. The van der Waals surface area contributed by atoms with Crippen LogP contribution in [-0.4, -0.2) is 31.1 Å². The molecule has 0 amide bonds. The zero-order valence-electron chi connectivity index (χ0n) is 9.11. The van der Waals surface area contributed by atoms with Crippen LogP contribution in [0.4, 0.5) is 0 Å². The van der Waals surface area contributed by atoms with Crippen LogP contribution in [0.3, 0.4) is 0 Å². The van der Waals surface area contributed by atoms with Crippen LogP contribution in [0.15, 0.2) is 4.99 Å². The molecule has 0 aliphatic carbocycles. The highest BCUT2D eigenvalue weighted by Crippen LogP contribution is 1.98. The van der Waals surface area contributed by atoms with Crippen LogP contribution in [0.25, 0.3) is 0 Å². The van der Waals surface area contributed by atoms with Crippen LogP contribution >= 0.6 is 0 Å². The lowest BCUT2D eigenvalue weighted by Gasteiger charge is -2.09. The lowest BCUT2D eigenvalue weighted by Crippen LogP contribution is -2.32. The fourth-order valence-electron chi connectivity index (χ4n) is 0.947. The molecule has 0 bridgehead atoms. The number of esters is 1. The molecule has 15 heavy (non-hydrogen) atoms. The number of guanidine groups is 1. The highest BCUT2D eigenvalue weighted by atomic mass is 16.5. The Bertz CT molecular complexity index is 214. The van der Waals surface area contributed by atoms with Crippen LogP contribution in [0, 0.1) is 0 Å². The van der Waals surface area contributed by atoms with Crippen molar-refractivity contribution in [3.05, 3.63) is 0 Å². The van der Waals surface area contributed by atoms with Gasteiger partial charge in [0, 0.05) is 6.54 Å². The molecule has 0 saturated carbocycles. The molecular weight excluding hydrogens is 196 g/mol. The van der Waals surface area contributed by atoms with Gasteiger partial charge in [0.25, 0.3) is 0 Å². The molecule has 88 valence electrons. The molecule has 0 aromatic heterocycles. The van der Waals surface area contributed by atoms with Crippen molar-refractivity contribution in [3.8, 4) is 0 Å². The van der Waals surface area contributed by atoms with Crippen LogP contribution in [0.5, 0.6) is 0 Å². The number of rotatable bonds is 7. The quantitative estimate of drug-likeness (QED) is 0.225. The lowest BCUT2D eigenvalue weighted by molar-refractivity contribution is -0.145. The average molecular weight is 216 g/mol. The van der Waals surface area contributed by atoms with E-state index in [0.29, 0.717) is 26.0 Å². The smallest absolute Gasteiger partial charge is 0.322 e. The van der Waals surface area contributed by atoms with E-state index < -0.39 is 6.04 Å². The summed E-state index contributed by atoms with van der Waals surface area (Å²) in [5.74, 6) is -0.307. The molecule has 0 aromatic carbocycles. The fraction of sp³-hybridized carbons (Fsp3) is 0.778. The van der Waals surface area contributed by atoms with Gasteiger partial charge < -0.3 is 21.9 Å². The Labute approximate surface area is 89.8 Å². The molecule has 6 heteroatoms. The number of carbonyl (C=O) groups is 1. The third kappa shape index (κ3) is 7.75. The van der Waals surface area contributed by atoms with Gasteiger partial charge in [-0.1, -0.05) is 6.92 Å². The fourth-order valence-corrected chi connectivity index (χ4v) is 0.947. The monoisotopic (exact) mass is 216 g/mol. The summed E-state index contributed by atoms with van der Waals surface area (Å²) < 4.78 is 4.88. The first kappa shape index (κ1) is 13.7. The number of ether oxygens (including phenoxy) is 1. The zero-order chi connectivity index (χ0) is 11.7. The lowest BCUT2D eigenvalue weighted by atomic mass is 10.2. The Balaban J connectivity index is 3.59. The van der Waals surface area contributed by atoms with Gasteiger partial charge in [-0.25, -0.2) is 0 Å². The van der Waals surface area contributed by atoms with Gasteiger partial charge in [0.15, 0.2) is 5.96 Å². The molecule has 0 saturated heterocycles. The number of hydrogen-bond acceptors (Lipinski definition) is 4. The summed E-state index contributed by atoms with van der Waals surface area (Å²) in [7, 11) is 0. The van der Waals surface area contributed by atoms with E-state index in [9.17, 15) is 4.79 Å². The number of nitrogens with zero attached hydrogens (tertiary/aromatic N) is 1. The van der Waals surface area contributed by atoms with E-state index >= 15 is 0 Å². The van der Waals surface area contributed by atoms with Crippen molar-refractivity contribution in [2.75, 3.05) is 13.2 Å². The maximum atomic E-state index is 11.2. The van der Waals surface area contributed by atoms with Gasteiger partial charge >= 0.3 is 5.97 Å². The van der Waals surface area contributed by atoms with Gasteiger partial charge in [0.1, 0.15) is 6.04 Å². The first-order chi connectivity index (χ1) is 7.07. The predicted molar refractivity (Wildman–Crippen MR) is 59.1 cm³/mol. The number of hydrogen-bond donors (Lipinski definition) is 3. The van der Waals surface area contributed by atoms with E-state index in [1.54, 1.807) is 0 Å². The summed E-state index contributed by atoms with van der Waals surface area (Å²) in [4.78, 5) is 15.0. The molecule has 0 rings (SSSR count). The molecule has 0 heterocycles. The topological polar surface area (TPSA) is 117 Å². The Hall–Kier alpha value is -1.30. The number of carbonyl (C=O) groups excluding carboxylic acids is 1. The summed E-state index contributed by atoms with van der Waals surface area (Å²) >= 11 is 0. The second kappa shape index (κ2) is 8.05. The third-order valence-corrected chi connectivity index (χ3v) is 1.72. The minimum atomic E-state index is -0.578. The van der Waals surface area contributed by atoms with Crippen molar-refractivity contribution in [1.82, 2.24) is 0 Å². The van der Waals surface area contributed by atoms with E-state index in [-0.39, 0.29) is 11.9 Å². The van der Waals surface area contributed by atoms with Crippen LogP contribution in [0.2, 0.25) is 0 Å². The van der Waals surface area contributed by atoms with E-state index in [0.717, 1.165) is 6.42 Å². The first-order valence-corrected chi connectivity index (χ1v) is 5.05. The van der Waals surface area contributed by atoms with Crippen molar-refractivity contribution in [3.63, 3.8) is 0 Å². The van der Waals surface area contributed by atoms with Gasteiger partial charge in [0.05, 0.1) is 6.61 Å². The molecule has 6 nitrogen and oxygen atoms in total. The van der Waals surface area contributed by atoms with E-state index in [1.165, 1.54) is 0 Å². The summed E-state index contributed by atoms with van der Waals surface area (Å²) in [6, 6.07) is -0.578. The Morgan fingerprint density at radius 1 is 1.47 bits per heavy atom. The van der Waals surface area contributed by atoms with Crippen molar-refractivity contribution in [2.24, 2.45) is 22.2 Å². The maximum absolute atomic E-state index is 11.2. The minimum Gasteiger partial charge on any atom is -0.465 e. The second-order valence-electron chi connectivity index (χ2n) is 3.22. The highest BCUT2D eigenvalue weighted by Gasteiger charge is 2.13. The molecule has 6 N–H and O–H groups in total. The average Bonchev–Trinajstić information content (AvgIpc) is 2.20. The SMILES string of the molecule is CCCOC(=O)C(N)CCCN=C(N)N. The van der Waals surface area contributed by atoms with Crippen LogP contribution in [-0.2, 0) is 9.53 Å². The van der Waals surface area contributed by atoms with Gasteiger partial charge in [-0.05, 0) is 19.3 Å². The summed E-state index contributed by atoms with van der Waals surface area (Å²) in [5.41, 5.74) is 15.9. The second-order valence-corrected chi connectivity index (χ2v) is 3.22. The molecule has 0 aromatic rings. The predicted octanol–water partition coefficient (Wildman–Crippen LogP) is -0.679. The van der Waals surface area contributed by atoms with Gasteiger partial charge in [-0.3, -0.25) is 9.79 Å². The normalized spacial score (nSPS) is 11.9. The molecule has 1 atom stereocenters. The van der Waals surface area contributed by atoms with Crippen molar-refractivity contribution < 1.29 is 9.53 Å². The molecule has 0 spiro atoms. The van der Waals surface area contributed by atoms with E-state index in [2.05, 4.69) is 4.99 Å². The third-order valence-electron chi connectivity index (χ3n) is 1.72. The number of aliphatic imine (C=N–C) groups is 1. The van der Waals surface area contributed by atoms with Crippen LogP contribution in [0.1, 0.15) is 26.2 Å². The summed E-state index contributed by atoms with van der Waals surface area (Å²) in [5, 5.41) is 0. The van der Waals surface area contributed by atoms with Gasteiger partial charge in [-0.15, -0.1) is 0 Å². The van der Waals surface area contributed by atoms with Gasteiger partial charge in [0.2, 0.25) is 0 Å². The van der Waals surface area contributed by atoms with Crippen LogP contribution < -0.4 is 17.2 Å². The molecule has 0 aliphatic rings. The Morgan fingerprint density at radius 3 is 2.67 bits per heavy atom. The molecule has 1 unspecified atom stereocenters. The van der Waals surface area contributed by atoms with Gasteiger partial charge in [-0.2, -0.15) is 0 Å². The largest absolute Gasteiger partial charge is 0.465 e. The standard InChI is InChI=1S/C9H20N4O2/c1-2-6-15-8(14)7(10)4-3-5-13-9(11)12/h7H,2-6,10H2,1H3,(H4,11,12,13). The molecular formula is C9H20N4O2. The summed E-state index contributed by atoms with van der Waals surface area (Å²) in [6.45, 7) is 2.83. The van der Waals surface area contributed by atoms with E-state index in [1.807, 2.05) is 6.92 Å².